The molecule has 110 valence electrons. The van der Waals surface area contributed by atoms with Crippen LogP contribution in [0.25, 0.3) is 11.4 Å². The second-order valence-electron chi connectivity index (χ2n) is 4.47. The Morgan fingerprint density at radius 1 is 1.30 bits per heavy atom. The summed E-state index contributed by atoms with van der Waals surface area (Å²) in [4.78, 5) is 4.50. The van der Waals surface area contributed by atoms with Crippen molar-refractivity contribution in [3.05, 3.63) is 32.6 Å². The molecule has 0 aromatic carbocycles. The van der Waals surface area contributed by atoms with Gasteiger partial charge in [-0.15, -0.1) is 0 Å². The zero-order valence-corrected chi connectivity index (χ0v) is 12.7. The van der Waals surface area contributed by atoms with Crippen molar-refractivity contribution in [2.45, 2.75) is 28.2 Å². The highest BCUT2D eigenvalue weighted by molar-refractivity contribution is 9.10. The van der Waals surface area contributed by atoms with Gasteiger partial charge in [-0.3, -0.25) is 0 Å². The van der Waals surface area contributed by atoms with Gasteiger partial charge in [0.15, 0.2) is 0 Å². The molecule has 0 spiro atoms. The number of rotatable bonds is 2. The lowest BCUT2D eigenvalue weighted by atomic mass is 10.1. The predicted molar refractivity (Wildman–Crippen MR) is 80.9 cm³/mol. The molecular weight excluding hydrogens is 324 g/mol. The number of aryl methyl sites for hydroxylation is 3. The number of nitrogens with one attached hydrogen (secondary N) is 1. The fraction of sp³-hybridized carbons (Fsp3) is 0.385. The smallest absolute Gasteiger partial charge is 0.260 e. The first-order chi connectivity index (χ1) is 8.82. The van der Waals surface area contributed by atoms with E-state index < -0.39 is 5.23 Å². The van der Waals surface area contributed by atoms with Crippen LogP contribution in [0.2, 0.25) is 0 Å². The number of pyridine rings is 1. The number of hydrogen-bond acceptors (Lipinski definition) is 4. The van der Waals surface area contributed by atoms with Crippen LogP contribution in [-0.4, -0.2) is 20.0 Å². The van der Waals surface area contributed by atoms with Crippen molar-refractivity contribution >= 4 is 21.7 Å². The minimum Gasteiger partial charge on any atom is -0.594 e. The average molecular weight is 343 g/mol. The Labute approximate surface area is 126 Å². The number of quaternary nitrogens is 1. The van der Waals surface area contributed by atoms with Crippen LogP contribution in [-0.2, 0) is 7.05 Å². The van der Waals surface area contributed by atoms with Crippen LogP contribution in [0.4, 0.5) is 5.82 Å². The monoisotopic (exact) mass is 342 g/mol. The van der Waals surface area contributed by atoms with Gasteiger partial charge in [-0.25, -0.2) is 14.9 Å². The molecule has 0 amide bonds. The van der Waals surface area contributed by atoms with Crippen LogP contribution in [0.15, 0.2) is 10.5 Å². The van der Waals surface area contributed by atoms with Gasteiger partial charge in [-0.2, -0.15) is 10.3 Å². The molecule has 2 N–H and O–H groups in total. The lowest BCUT2D eigenvalue weighted by Gasteiger charge is -2.11. The van der Waals surface area contributed by atoms with Crippen molar-refractivity contribution in [3.8, 4) is 11.4 Å². The molecule has 0 aliphatic carbocycles. The maximum atomic E-state index is 11.2. The van der Waals surface area contributed by atoms with E-state index in [1.807, 2.05) is 19.9 Å². The first-order valence-electron chi connectivity index (χ1n) is 5.74. The molecule has 2 heterocycles. The van der Waals surface area contributed by atoms with Crippen molar-refractivity contribution in [2.75, 3.05) is 0 Å². The number of nitrogens with zero attached hydrogens (tertiary/aromatic N) is 3. The second kappa shape index (κ2) is 6.01. The van der Waals surface area contributed by atoms with Crippen LogP contribution >= 0.6 is 15.9 Å². The molecule has 0 saturated heterocycles. The molecule has 0 fully saturated rings. The molecule has 0 bridgehead atoms. The molecule has 1 atom stereocenters. The Hall–Kier alpha value is -1.28. The van der Waals surface area contributed by atoms with E-state index >= 15 is 0 Å². The zero-order valence-electron chi connectivity index (χ0n) is 11.2. The molecule has 2 rings (SSSR count). The molecule has 7 heteroatoms. The van der Waals surface area contributed by atoms with Gasteiger partial charge in [-0.05, 0) is 48.3 Å². The van der Waals surface area contributed by atoms with E-state index in [0.29, 0.717) is 11.3 Å². The van der Waals surface area contributed by atoms with Gasteiger partial charge in [0.25, 0.3) is 5.82 Å². The Balaban J connectivity index is 0.00000200. The summed E-state index contributed by atoms with van der Waals surface area (Å²) in [7, 11) is 1.63. The zero-order chi connectivity index (χ0) is 14.3. The highest BCUT2D eigenvalue weighted by Gasteiger charge is 2.21. The lowest BCUT2D eigenvalue weighted by molar-refractivity contribution is -0.994. The van der Waals surface area contributed by atoms with Crippen LogP contribution in [0, 0.1) is 26.0 Å². The third-order valence-electron chi connectivity index (χ3n) is 3.05. The molecule has 0 aliphatic heterocycles. The van der Waals surface area contributed by atoms with Crippen LogP contribution in [0.1, 0.15) is 24.2 Å². The fourth-order valence-electron chi connectivity index (χ4n) is 2.07. The average Bonchev–Trinajstić information content (AvgIpc) is 2.59. The molecule has 20 heavy (non-hydrogen) atoms. The van der Waals surface area contributed by atoms with Crippen molar-refractivity contribution in [3.63, 3.8) is 0 Å². The van der Waals surface area contributed by atoms with Crippen molar-refractivity contribution in [2.24, 2.45) is 7.05 Å². The summed E-state index contributed by atoms with van der Waals surface area (Å²) in [6, 6.07) is 1.96. The van der Waals surface area contributed by atoms with Gasteiger partial charge < -0.3 is 5.21 Å². The van der Waals surface area contributed by atoms with Gasteiger partial charge >= 0.3 is 0 Å². The number of halogens is 1. The summed E-state index contributed by atoms with van der Waals surface area (Å²) in [6.07, 6.45) is 0. The van der Waals surface area contributed by atoms with Crippen LogP contribution in [0.5, 0.6) is 0 Å². The van der Waals surface area contributed by atoms with E-state index in [1.165, 1.54) is 4.68 Å². The molecule has 0 saturated carbocycles. The van der Waals surface area contributed by atoms with Crippen LogP contribution in [0.3, 0.4) is 0 Å². The van der Waals surface area contributed by atoms with Gasteiger partial charge in [0.2, 0.25) is 0 Å². The minimum absolute atomic E-state index is 0. The van der Waals surface area contributed by atoms with E-state index in [2.05, 4.69) is 26.0 Å². The highest BCUT2D eigenvalue weighted by atomic mass is 79.9. The Kier molecular flexibility index (Phi) is 5.04. The van der Waals surface area contributed by atoms with Gasteiger partial charge in [-0.1, -0.05) is 7.43 Å². The molecule has 0 radical (unpaired) electrons. The lowest BCUT2D eigenvalue weighted by Crippen LogP contribution is -3.00. The van der Waals surface area contributed by atoms with E-state index in [-0.39, 0.29) is 13.2 Å². The van der Waals surface area contributed by atoms with Gasteiger partial charge in [0.1, 0.15) is 5.69 Å². The highest BCUT2D eigenvalue weighted by Crippen LogP contribution is 2.29. The maximum Gasteiger partial charge on any atom is 0.260 e. The molecule has 6 nitrogen and oxygen atoms in total. The van der Waals surface area contributed by atoms with Gasteiger partial charge in [0.05, 0.1) is 17.0 Å². The van der Waals surface area contributed by atoms with E-state index in [0.717, 1.165) is 21.4 Å². The largest absolute Gasteiger partial charge is 0.594 e. The maximum absolute atomic E-state index is 11.2. The molecule has 2 aromatic heterocycles. The van der Waals surface area contributed by atoms with Crippen molar-refractivity contribution < 1.29 is 10.4 Å². The minimum atomic E-state index is -0.981. The molecule has 0 aliphatic rings. The predicted octanol–water partition coefficient (Wildman–Crippen LogP) is 2.21. The third kappa shape index (κ3) is 2.76. The molecular formula is C13H19BrN4O2. The fourth-order valence-corrected chi connectivity index (χ4v) is 2.50. The SMILES string of the molecule is C.Cc1cc(Br)c(C)nc1-c1nn(C)c([NH+]([O-])O)c1C. The van der Waals surface area contributed by atoms with Crippen molar-refractivity contribution in [1.29, 1.82) is 0 Å². The second-order valence-corrected chi connectivity index (χ2v) is 5.33. The van der Waals surface area contributed by atoms with E-state index in [9.17, 15) is 10.4 Å². The van der Waals surface area contributed by atoms with Crippen molar-refractivity contribution in [1.82, 2.24) is 14.8 Å². The summed E-state index contributed by atoms with van der Waals surface area (Å²) in [5.41, 5.74) is 3.78. The molecule has 2 aromatic rings. The normalized spacial score (nSPS) is 12.2. The summed E-state index contributed by atoms with van der Waals surface area (Å²) in [5, 5.41) is 23.7. The van der Waals surface area contributed by atoms with Crippen LogP contribution < -0.4 is 5.23 Å². The summed E-state index contributed by atoms with van der Waals surface area (Å²) >= 11 is 3.43. The topological polar surface area (TPSA) is 78.4 Å². The molecule has 1 unspecified atom stereocenters. The first-order valence-corrected chi connectivity index (χ1v) is 6.53. The Morgan fingerprint density at radius 3 is 2.40 bits per heavy atom. The summed E-state index contributed by atoms with van der Waals surface area (Å²) in [5.74, 6) is 0.191. The van der Waals surface area contributed by atoms with E-state index in [1.54, 1.807) is 14.0 Å². The number of aromatic nitrogens is 3. The number of hydrogen-bond donors (Lipinski definition) is 2. The summed E-state index contributed by atoms with van der Waals surface area (Å²) < 4.78 is 2.31. The standard InChI is InChI=1S/C12H15BrN4O2.CH4/c1-6-5-9(13)8(3)14-10(6)11-7(2)12(17(18)19)16(4)15-11;/h5,17-18H,1-4H3;1H4. The Morgan fingerprint density at radius 2 is 1.90 bits per heavy atom. The first kappa shape index (κ1) is 16.8. The quantitative estimate of drug-likeness (QED) is 0.820. The third-order valence-corrected chi connectivity index (χ3v) is 3.86. The van der Waals surface area contributed by atoms with Gasteiger partial charge in [0, 0.05) is 11.5 Å². The Bertz CT molecular complexity index is 638. The summed E-state index contributed by atoms with van der Waals surface area (Å²) in [6.45, 7) is 5.58. The van der Waals surface area contributed by atoms with E-state index in [4.69, 9.17) is 0 Å².